The Morgan fingerprint density at radius 2 is 0.750 bits per heavy atom. The van der Waals surface area contributed by atoms with Crippen LogP contribution in [0.5, 0.6) is 0 Å². The second-order valence-corrected chi connectivity index (χ2v) is 18.0. The third-order valence-electron chi connectivity index (χ3n) is 6.51. The number of hydrogen-bond acceptors (Lipinski definition) is 0. The van der Waals surface area contributed by atoms with Crippen LogP contribution in [0.4, 0.5) is 0 Å². The van der Waals surface area contributed by atoms with E-state index in [9.17, 15) is 0 Å². The van der Waals surface area contributed by atoms with E-state index in [2.05, 4.69) is 137 Å². The third-order valence-corrected chi connectivity index (χ3v) is 9.34. The summed E-state index contributed by atoms with van der Waals surface area (Å²) in [6, 6.07) is 26.7. The highest BCUT2D eigenvalue weighted by Gasteiger charge is 2.15. The minimum Gasteiger partial charge on any atom is -0.134 e. The minimum absolute atomic E-state index is 0.307. The monoisotopic (exact) mass is 498 g/mol. The Labute approximate surface area is 220 Å². The van der Waals surface area contributed by atoms with Crippen molar-refractivity contribution >= 4 is 62.1 Å². The van der Waals surface area contributed by atoms with Gasteiger partial charge in [0.05, 0.1) is 0 Å². The van der Waals surface area contributed by atoms with Gasteiger partial charge in [-0.25, -0.2) is 0 Å². The van der Waals surface area contributed by atoms with E-state index >= 15 is 0 Å². The van der Waals surface area contributed by atoms with Crippen LogP contribution in [0, 0.1) is 22.9 Å². The van der Waals surface area contributed by atoms with Crippen molar-refractivity contribution in [2.45, 2.75) is 51.6 Å². The van der Waals surface area contributed by atoms with Gasteiger partial charge in [-0.1, -0.05) is 102 Å². The molecule has 5 aromatic rings. The predicted octanol–water partition coefficient (Wildman–Crippen LogP) is 7.69. The topological polar surface area (TPSA) is 0 Å². The number of benzene rings is 5. The standard InChI is InChI=1S/C34H34Si2/c1-33(2,3)35-17-15-27-29-19-23-11-7-9-13-25(23)21-31(29)28(16-18-36-34(4,5)6)32-22-26-14-10-8-12-24(26)20-30(27)32/h7-14,19-22H,35-36H2,1-6H3. The minimum atomic E-state index is -0.531. The Kier molecular flexibility index (Phi) is 6.29. The zero-order valence-electron chi connectivity index (χ0n) is 22.3. The second kappa shape index (κ2) is 9.29. The summed E-state index contributed by atoms with van der Waals surface area (Å²) in [5, 5.41) is 10.5. The molecule has 0 saturated carbocycles. The summed E-state index contributed by atoms with van der Waals surface area (Å²) in [6.07, 6.45) is 0. The van der Waals surface area contributed by atoms with Gasteiger partial charge in [0, 0.05) is 11.1 Å². The molecule has 0 bridgehead atoms. The van der Waals surface area contributed by atoms with Gasteiger partial charge in [0.1, 0.15) is 19.0 Å². The molecule has 0 saturated heterocycles. The number of hydrogen-bond donors (Lipinski definition) is 0. The molecule has 0 aliphatic carbocycles. The molecule has 0 N–H and O–H groups in total. The van der Waals surface area contributed by atoms with Crippen LogP contribution in [0.2, 0.25) is 10.1 Å². The zero-order chi connectivity index (χ0) is 25.5. The normalized spacial score (nSPS) is 12.6. The average molecular weight is 499 g/mol. The van der Waals surface area contributed by atoms with E-state index in [1.54, 1.807) is 0 Å². The molecule has 0 nitrogen and oxygen atoms in total. The maximum absolute atomic E-state index is 3.70. The lowest BCUT2D eigenvalue weighted by Crippen LogP contribution is -2.05. The van der Waals surface area contributed by atoms with Gasteiger partial charge in [0.15, 0.2) is 0 Å². The molecule has 0 aliphatic heterocycles. The van der Waals surface area contributed by atoms with Crippen LogP contribution in [0.25, 0.3) is 43.1 Å². The van der Waals surface area contributed by atoms with E-state index in [0.717, 1.165) is 11.1 Å². The molecular weight excluding hydrogens is 465 g/mol. The van der Waals surface area contributed by atoms with Crippen molar-refractivity contribution in [1.29, 1.82) is 0 Å². The largest absolute Gasteiger partial charge is 0.134 e. The molecule has 5 aromatic carbocycles. The highest BCUT2D eigenvalue weighted by molar-refractivity contribution is 6.50. The lowest BCUT2D eigenvalue weighted by atomic mass is 9.89. The van der Waals surface area contributed by atoms with E-state index in [4.69, 9.17) is 0 Å². The summed E-state index contributed by atoms with van der Waals surface area (Å²) in [6.45, 7) is 13.9. The van der Waals surface area contributed by atoms with Gasteiger partial charge in [-0.15, -0.1) is 11.1 Å². The van der Waals surface area contributed by atoms with Gasteiger partial charge in [-0.05, 0) is 77.4 Å². The first-order chi connectivity index (χ1) is 17.1. The van der Waals surface area contributed by atoms with Crippen molar-refractivity contribution in [1.82, 2.24) is 0 Å². The summed E-state index contributed by atoms with van der Waals surface area (Å²) in [4.78, 5) is 0. The van der Waals surface area contributed by atoms with Crippen LogP contribution in [0.1, 0.15) is 52.7 Å². The summed E-state index contributed by atoms with van der Waals surface area (Å²) in [7, 11) is -1.06. The van der Waals surface area contributed by atoms with Crippen LogP contribution < -0.4 is 0 Å². The number of fused-ring (bicyclic) bond motifs is 4. The lowest BCUT2D eigenvalue weighted by Gasteiger charge is -2.15. The first kappa shape index (κ1) is 24.4. The lowest BCUT2D eigenvalue weighted by molar-refractivity contribution is 0.760. The van der Waals surface area contributed by atoms with Gasteiger partial charge >= 0.3 is 0 Å². The Balaban J connectivity index is 1.94. The molecule has 0 amide bonds. The SMILES string of the molecule is CC(C)(C)[SiH2]C#Cc1c2cc3ccccc3cc2c(C#C[SiH2]C(C)(C)C)c2cc3ccccc3cc12. The summed E-state index contributed by atoms with van der Waals surface area (Å²) < 4.78 is 0. The molecule has 0 atom stereocenters. The summed E-state index contributed by atoms with van der Waals surface area (Å²) in [5.74, 6) is 7.39. The van der Waals surface area contributed by atoms with Gasteiger partial charge < -0.3 is 0 Å². The van der Waals surface area contributed by atoms with Gasteiger partial charge in [-0.3, -0.25) is 0 Å². The van der Waals surface area contributed by atoms with E-state index in [0.29, 0.717) is 10.1 Å². The molecule has 0 fully saturated rings. The molecule has 0 aliphatic rings. The molecule has 0 aromatic heterocycles. The first-order valence-corrected chi connectivity index (χ1v) is 15.7. The first-order valence-electron chi connectivity index (χ1n) is 12.9. The molecule has 2 heteroatoms. The van der Waals surface area contributed by atoms with Crippen LogP contribution in [0.3, 0.4) is 0 Å². The van der Waals surface area contributed by atoms with E-state index in [1.165, 1.54) is 43.1 Å². The maximum atomic E-state index is 3.70. The molecule has 178 valence electrons. The molecular formula is C34H34Si2. The average Bonchev–Trinajstić information content (AvgIpc) is 2.81. The molecule has 0 spiro atoms. The smallest absolute Gasteiger partial charge is 0.112 e. The van der Waals surface area contributed by atoms with Gasteiger partial charge in [0.25, 0.3) is 0 Å². The molecule has 5 rings (SSSR count). The maximum Gasteiger partial charge on any atom is 0.112 e. The van der Waals surface area contributed by atoms with Crippen LogP contribution in [-0.2, 0) is 0 Å². The molecule has 36 heavy (non-hydrogen) atoms. The quantitative estimate of drug-likeness (QED) is 0.117. The van der Waals surface area contributed by atoms with Crippen LogP contribution in [0.15, 0.2) is 72.8 Å². The summed E-state index contributed by atoms with van der Waals surface area (Å²) >= 11 is 0. The summed E-state index contributed by atoms with van der Waals surface area (Å²) in [5.41, 5.74) is 9.65. The van der Waals surface area contributed by atoms with Gasteiger partial charge in [0.2, 0.25) is 0 Å². The van der Waals surface area contributed by atoms with Crippen molar-refractivity contribution in [2.75, 3.05) is 0 Å². The van der Waals surface area contributed by atoms with Crippen molar-refractivity contribution in [3.8, 4) is 22.9 Å². The fraction of sp³-hybridized carbons (Fsp3) is 0.235. The third kappa shape index (κ3) is 5.12. The highest BCUT2D eigenvalue weighted by atomic mass is 28.2. The fourth-order valence-corrected chi connectivity index (χ4v) is 6.25. The molecule has 0 heterocycles. The van der Waals surface area contributed by atoms with Crippen molar-refractivity contribution in [2.24, 2.45) is 0 Å². The Bertz CT molecular complexity index is 1530. The Morgan fingerprint density at radius 3 is 1.00 bits per heavy atom. The van der Waals surface area contributed by atoms with E-state index < -0.39 is 19.0 Å². The van der Waals surface area contributed by atoms with Crippen LogP contribution >= 0.6 is 0 Å². The zero-order valence-corrected chi connectivity index (χ0v) is 25.2. The fourth-order valence-electron chi connectivity index (χ4n) is 4.66. The predicted molar refractivity (Wildman–Crippen MR) is 167 cm³/mol. The molecule has 0 unspecified atom stereocenters. The highest BCUT2D eigenvalue weighted by Crippen LogP contribution is 2.37. The van der Waals surface area contributed by atoms with Crippen LogP contribution in [-0.4, -0.2) is 19.0 Å². The Hall–Kier alpha value is -3.31. The van der Waals surface area contributed by atoms with Crippen molar-refractivity contribution < 1.29 is 0 Å². The Morgan fingerprint density at radius 1 is 0.472 bits per heavy atom. The van der Waals surface area contributed by atoms with Crippen molar-refractivity contribution in [3.05, 3.63) is 83.9 Å². The number of rotatable bonds is 0. The second-order valence-electron chi connectivity index (χ2n) is 12.3. The van der Waals surface area contributed by atoms with Gasteiger partial charge in [-0.2, -0.15) is 0 Å². The van der Waals surface area contributed by atoms with E-state index in [-0.39, 0.29) is 0 Å². The van der Waals surface area contributed by atoms with Crippen molar-refractivity contribution in [3.63, 3.8) is 0 Å². The molecule has 0 radical (unpaired) electrons. The van der Waals surface area contributed by atoms with E-state index in [1.807, 2.05) is 0 Å².